The van der Waals surface area contributed by atoms with Gasteiger partial charge in [0.15, 0.2) is 0 Å². The number of carbonyl (C=O) groups excluding carboxylic acids is 2. The van der Waals surface area contributed by atoms with Crippen molar-refractivity contribution in [2.45, 2.75) is 26.7 Å². The van der Waals surface area contributed by atoms with Crippen LogP contribution < -0.4 is 16.4 Å². The Hall–Kier alpha value is -2.04. The molecule has 18 heavy (non-hydrogen) atoms. The second-order valence-corrected chi connectivity index (χ2v) is 3.92. The van der Waals surface area contributed by atoms with Crippen LogP contribution in [0.4, 0.5) is 10.5 Å². The molecule has 0 aliphatic carbocycles. The Balaban J connectivity index is 2.76. The van der Waals surface area contributed by atoms with Gasteiger partial charge in [-0.1, -0.05) is 32.0 Å². The summed E-state index contributed by atoms with van der Waals surface area (Å²) in [6, 6.07) is 5.22. The highest BCUT2D eigenvalue weighted by Gasteiger charge is 2.08. The zero-order valence-corrected chi connectivity index (χ0v) is 10.7. The number of urea groups is 1. The second kappa shape index (κ2) is 6.64. The summed E-state index contributed by atoms with van der Waals surface area (Å²) in [6.45, 7) is 4.15. The molecule has 1 rings (SSSR count). The number of nitrogens with one attached hydrogen (secondary N) is 2. The zero-order chi connectivity index (χ0) is 13.5. The van der Waals surface area contributed by atoms with Crippen molar-refractivity contribution in [2.75, 3.05) is 11.9 Å². The van der Waals surface area contributed by atoms with Crippen LogP contribution in [-0.4, -0.2) is 18.5 Å². The zero-order valence-electron chi connectivity index (χ0n) is 10.7. The number of hydrogen-bond acceptors (Lipinski definition) is 3. The lowest BCUT2D eigenvalue weighted by Gasteiger charge is -2.14. The number of carbonyl (C=O) groups is 2. The quantitative estimate of drug-likeness (QED) is 0.737. The molecule has 0 saturated heterocycles. The number of aryl methyl sites for hydroxylation is 2. The molecule has 4 N–H and O–H groups in total. The maximum absolute atomic E-state index is 11.4. The summed E-state index contributed by atoms with van der Waals surface area (Å²) >= 11 is 0. The van der Waals surface area contributed by atoms with Crippen LogP contribution in [0, 0.1) is 0 Å². The van der Waals surface area contributed by atoms with Gasteiger partial charge >= 0.3 is 6.03 Å². The van der Waals surface area contributed by atoms with Crippen LogP contribution in [-0.2, 0) is 17.6 Å². The molecule has 0 radical (unpaired) electrons. The number of rotatable bonds is 5. The molecule has 0 aliphatic heterocycles. The van der Waals surface area contributed by atoms with E-state index in [2.05, 4.69) is 19.2 Å². The normalized spacial score (nSPS) is 9.89. The van der Waals surface area contributed by atoms with E-state index in [4.69, 9.17) is 5.73 Å². The number of nitrogens with two attached hydrogens (primary N) is 1. The smallest absolute Gasteiger partial charge is 0.318 e. The maximum atomic E-state index is 11.4. The van der Waals surface area contributed by atoms with Gasteiger partial charge in [-0.25, -0.2) is 4.79 Å². The average molecular weight is 249 g/mol. The van der Waals surface area contributed by atoms with Crippen LogP contribution in [0.25, 0.3) is 0 Å². The van der Waals surface area contributed by atoms with E-state index in [1.807, 2.05) is 23.5 Å². The molecule has 1 aromatic rings. The van der Waals surface area contributed by atoms with Crippen molar-refractivity contribution in [2.24, 2.45) is 5.73 Å². The fourth-order valence-corrected chi connectivity index (χ4v) is 1.82. The third kappa shape index (κ3) is 3.76. The van der Waals surface area contributed by atoms with Gasteiger partial charge in [0.1, 0.15) is 0 Å². The van der Waals surface area contributed by atoms with Crippen LogP contribution in [0.15, 0.2) is 18.2 Å². The Morgan fingerprint density at radius 1 is 1.17 bits per heavy atom. The first kappa shape index (κ1) is 14.0. The topological polar surface area (TPSA) is 84.2 Å². The van der Waals surface area contributed by atoms with Gasteiger partial charge in [0.2, 0.25) is 5.91 Å². The Labute approximate surface area is 107 Å². The highest BCUT2D eigenvalue weighted by molar-refractivity contribution is 5.95. The minimum absolute atomic E-state index is 0.0347. The Kier molecular flexibility index (Phi) is 5.17. The molecule has 0 unspecified atom stereocenters. The molecule has 0 aliphatic rings. The predicted molar refractivity (Wildman–Crippen MR) is 71.4 cm³/mol. The van der Waals surface area contributed by atoms with Crippen LogP contribution >= 0.6 is 0 Å². The average Bonchev–Trinajstić information content (AvgIpc) is 2.34. The number of primary amides is 1. The molecule has 5 heteroatoms. The number of amides is 3. The molecule has 0 heterocycles. The number of hydrogen-bond donors (Lipinski definition) is 3. The number of anilines is 1. The van der Waals surface area contributed by atoms with Crippen LogP contribution in [0.3, 0.4) is 0 Å². The Morgan fingerprint density at radius 3 is 2.17 bits per heavy atom. The minimum atomic E-state index is -0.832. The lowest BCUT2D eigenvalue weighted by Crippen LogP contribution is -2.38. The van der Waals surface area contributed by atoms with Gasteiger partial charge in [0.05, 0.1) is 6.54 Å². The summed E-state index contributed by atoms with van der Waals surface area (Å²) in [5.74, 6) is -0.435. The van der Waals surface area contributed by atoms with E-state index in [9.17, 15) is 9.59 Å². The van der Waals surface area contributed by atoms with E-state index in [0.29, 0.717) is 0 Å². The van der Waals surface area contributed by atoms with Gasteiger partial charge in [-0.15, -0.1) is 0 Å². The van der Waals surface area contributed by atoms with Crippen molar-refractivity contribution in [1.82, 2.24) is 5.32 Å². The summed E-state index contributed by atoms with van der Waals surface area (Å²) in [6.07, 6.45) is 1.77. The van der Waals surface area contributed by atoms with Crippen molar-refractivity contribution in [3.63, 3.8) is 0 Å². The molecule has 0 saturated carbocycles. The van der Waals surface area contributed by atoms with Crippen LogP contribution in [0.5, 0.6) is 0 Å². The molecule has 98 valence electrons. The summed E-state index contributed by atoms with van der Waals surface area (Å²) in [7, 11) is 0. The molecule has 0 aromatic heterocycles. The predicted octanol–water partition coefficient (Wildman–Crippen LogP) is 1.42. The SMILES string of the molecule is CCc1cccc(CC)c1NCC(=O)NC(N)=O. The van der Waals surface area contributed by atoms with E-state index in [1.54, 1.807) is 0 Å². The first-order chi connectivity index (χ1) is 8.58. The Bertz CT molecular complexity index is 422. The lowest BCUT2D eigenvalue weighted by molar-refractivity contribution is -0.118. The highest BCUT2D eigenvalue weighted by Crippen LogP contribution is 2.22. The second-order valence-electron chi connectivity index (χ2n) is 3.92. The number of benzene rings is 1. The molecular weight excluding hydrogens is 230 g/mol. The van der Waals surface area contributed by atoms with Gasteiger partial charge in [0, 0.05) is 5.69 Å². The van der Waals surface area contributed by atoms with E-state index < -0.39 is 11.9 Å². The molecule has 5 nitrogen and oxygen atoms in total. The summed E-state index contributed by atoms with van der Waals surface area (Å²) < 4.78 is 0. The van der Waals surface area contributed by atoms with E-state index in [-0.39, 0.29) is 6.54 Å². The molecule has 0 atom stereocenters. The largest absolute Gasteiger partial charge is 0.376 e. The molecule has 0 spiro atoms. The fraction of sp³-hybridized carbons (Fsp3) is 0.385. The van der Waals surface area contributed by atoms with Gasteiger partial charge in [-0.05, 0) is 24.0 Å². The number of imide groups is 1. The first-order valence-electron chi connectivity index (χ1n) is 6.02. The number of para-hydroxylation sites is 1. The first-order valence-corrected chi connectivity index (χ1v) is 6.02. The Morgan fingerprint density at radius 2 is 1.72 bits per heavy atom. The summed E-state index contributed by atoms with van der Waals surface area (Å²) in [4.78, 5) is 21.9. The van der Waals surface area contributed by atoms with E-state index in [0.717, 1.165) is 29.7 Å². The van der Waals surface area contributed by atoms with Crippen LogP contribution in [0.2, 0.25) is 0 Å². The third-order valence-corrected chi connectivity index (χ3v) is 2.69. The third-order valence-electron chi connectivity index (χ3n) is 2.69. The van der Waals surface area contributed by atoms with E-state index >= 15 is 0 Å². The molecule has 1 aromatic carbocycles. The van der Waals surface area contributed by atoms with Gasteiger partial charge < -0.3 is 11.1 Å². The highest BCUT2D eigenvalue weighted by atomic mass is 16.2. The summed E-state index contributed by atoms with van der Waals surface area (Å²) in [5.41, 5.74) is 8.16. The lowest BCUT2D eigenvalue weighted by atomic mass is 10.0. The monoisotopic (exact) mass is 249 g/mol. The fourth-order valence-electron chi connectivity index (χ4n) is 1.82. The van der Waals surface area contributed by atoms with Gasteiger partial charge in [0.25, 0.3) is 0 Å². The van der Waals surface area contributed by atoms with Crippen molar-refractivity contribution in [3.05, 3.63) is 29.3 Å². The molecule has 0 bridgehead atoms. The molecule has 0 fully saturated rings. The van der Waals surface area contributed by atoms with Crippen molar-refractivity contribution >= 4 is 17.6 Å². The minimum Gasteiger partial charge on any atom is -0.376 e. The van der Waals surface area contributed by atoms with Crippen LogP contribution in [0.1, 0.15) is 25.0 Å². The van der Waals surface area contributed by atoms with Crippen molar-refractivity contribution < 1.29 is 9.59 Å². The van der Waals surface area contributed by atoms with Crippen molar-refractivity contribution in [3.8, 4) is 0 Å². The molecular formula is C13H19N3O2. The molecule has 3 amide bonds. The maximum Gasteiger partial charge on any atom is 0.318 e. The van der Waals surface area contributed by atoms with Gasteiger partial charge in [-0.2, -0.15) is 0 Å². The standard InChI is InChI=1S/C13H19N3O2/c1-3-9-6-5-7-10(4-2)12(9)15-8-11(17)16-13(14)18/h5-7,15H,3-4,8H2,1-2H3,(H3,14,16,17,18). The van der Waals surface area contributed by atoms with Crippen molar-refractivity contribution in [1.29, 1.82) is 0 Å². The summed E-state index contributed by atoms with van der Waals surface area (Å²) in [5, 5.41) is 5.09. The van der Waals surface area contributed by atoms with E-state index in [1.165, 1.54) is 0 Å². The van der Waals surface area contributed by atoms with Gasteiger partial charge in [-0.3, -0.25) is 10.1 Å².